The Morgan fingerprint density at radius 3 is 2.20 bits per heavy atom. The van der Waals surface area contributed by atoms with E-state index in [1.165, 1.54) is 32.1 Å². The maximum Gasteiger partial charge on any atom is 0.229 e. The molecule has 0 unspecified atom stereocenters. The summed E-state index contributed by atoms with van der Waals surface area (Å²) in [7, 11) is 2.17. The second-order valence-electron chi connectivity index (χ2n) is 17.2. The van der Waals surface area contributed by atoms with Crippen LogP contribution in [0.1, 0.15) is 106 Å². The van der Waals surface area contributed by atoms with E-state index in [1.807, 2.05) is 0 Å². The SMILES string of the molecule is C[C@@H](CO)[C@@H]1CC[C@]2(C(=O)N3CCN(C)CC3)CC[C@]3(C)[C@H](CC[C@@H]4[C@@]5(C)CC[C@H](O)C(C)(C)[C@@H]5CC[C@]43C)[C@@H]12. The van der Waals surface area contributed by atoms with Crippen molar-refractivity contribution in [3.63, 3.8) is 0 Å². The molecule has 6 fully saturated rings. The molecule has 0 aromatic rings. The van der Waals surface area contributed by atoms with E-state index < -0.39 is 0 Å². The summed E-state index contributed by atoms with van der Waals surface area (Å²) in [6.07, 6.45) is 11.2. The number of nitrogens with zero attached hydrogens (tertiary/aromatic N) is 2. The number of hydrogen-bond donors (Lipinski definition) is 2. The van der Waals surface area contributed by atoms with E-state index in [0.717, 1.165) is 58.3 Å². The highest BCUT2D eigenvalue weighted by Gasteiger charge is 2.72. The minimum Gasteiger partial charge on any atom is -0.396 e. The van der Waals surface area contributed by atoms with E-state index in [1.54, 1.807) is 0 Å². The molecule has 6 aliphatic rings. The van der Waals surface area contributed by atoms with Crippen molar-refractivity contribution in [1.82, 2.24) is 9.80 Å². The van der Waals surface area contributed by atoms with E-state index in [2.05, 4.69) is 58.4 Å². The smallest absolute Gasteiger partial charge is 0.229 e. The third-order valence-electron chi connectivity index (χ3n) is 15.7. The van der Waals surface area contributed by atoms with Crippen molar-refractivity contribution in [1.29, 1.82) is 0 Å². The number of hydrogen-bond acceptors (Lipinski definition) is 4. The first kappa shape index (κ1) is 29.4. The molecule has 228 valence electrons. The highest BCUT2D eigenvalue weighted by molar-refractivity contribution is 5.84. The minimum atomic E-state index is -0.227. The van der Waals surface area contributed by atoms with Crippen molar-refractivity contribution >= 4 is 5.91 Å². The van der Waals surface area contributed by atoms with Crippen LogP contribution < -0.4 is 0 Å². The summed E-state index contributed by atoms with van der Waals surface area (Å²) in [6, 6.07) is 0. The van der Waals surface area contributed by atoms with Gasteiger partial charge in [-0.2, -0.15) is 0 Å². The van der Waals surface area contributed by atoms with Crippen LogP contribution in [0, 0.1) is 62.6 Å². The van der Waals surface area contributed by atoms with Gasteiger partial charge in [-0.3, -0.25) is 4.79 Å². The highest BCUT2D eigenvalue weighted by atomic mass is 16.3. The molecule has 11 atom stereocenters. The maximum atomic E-state index is 14.6. The number of carbonyl (C=O) groups excluding carboxylic acids is 1. The zero-order valence-corrected chi connectivity index (χ0v) is 26.8. The van der Waals surface area contributed by atoms with E-state index in [9.17, 15) is 15.0 Å². The molecule has 0 aromatic heterocycles. The minimum absolute atomic E-state index is 0.0180. The summed E-state index contributed by atoms with van der Waals surface area (Å²) >= 11 is 0. The van der Waals surface area contributed by atoms with Crippen LogP contribution in [-0.2, 0) is 4.79 Å². The lowest BCUT2D eigenvalue weighted by Crippen LogP contribution is -2.67. The van der Waals surface area contributed by atoms with E-state index in [4.69, 9.17) is 0 Å². The van der Waals surface area contributed by atoms with Gasteiger partial charge in [0.1, 0.15) is 0 Å². The van der Waals surface area contributed by atoms with Crippen LogP contribution in [0.25, 0.3) is 0 Å². The lowest BCUT2D eigenvalue weighted by molar-refractivity contribution is -0.249. The Bertz CT molecular complexity index is 991. The average molecular weight is 557 g/mol. The number of likely N-dealkylation sites (N-methyl/N-ethyl adjacent to an activating group) is 1. The van der Waals surface area contributed by atoms with Gasteiger partial charge < -0.3 is 20.0 Å². The average Bonchev–Trinajstić information content (AvgIpc) is 3.32. The van der Waals surface area contributed by atoms with Gasteiger partial charge in [0.05, 0.1) is 11.5 Å². The first-order chi connectivity index (χ1) is 18.8. The largest absolute Gasteiger partial charge is 0.396 e. The molecular formula is C35H60N2O3. The van der Waals surface area contributed by atoms with Crippen LogP contribution in [0.15, 0.2) is 0 Å². The lowest BCUT2D eigenvalue weighted by atomic mass is 9.32. The first-order valence-corrected chi connectivity index (χ1v) is 17.0. The molecule has 1 saturated heterocycles. The third-order valence-corrected chi connectivity index (χ3v) is 15.7. The molecule has 2 N–H and O–H groups in total. The van der Waals surface area contributed by atoms with Crippen molar-refractivity contribution in [2.75, 3.05) is 39.8 Å². The van der Waals surface area contributed by atoms with Crippen LogP contribution in [-0.4, -0.2) is 71.9 Å². The Morgan fingerprint density at radius 1 is 0.825 bits per heavy atom. The molecule has 40 heavy (non-hydrogen) atoms. The fourth-order valence-corrected chi connectivity index (χ4v) is 13.1. The van der Waals surface area contributed by atoms with E-state index >= 15 is 0 Å². The summed E-state index contributed by atoms with van der Waals surface area (Å²) in [5, 5.41) is 21.4. The van der Waals surface area contributed by atoms with Gasteiger partial charge in [-0.05, 0) is 128 Å². The molecule has 0 radical (unpaired) electrons. The number of fused-ring (bicyclic) bond motifs is 7. The zero-order valence-electron chi connectivity index (χ0n) is 26.8. The molecule has 0 bridgehead atoms. The molecule has 5 saturated carbocycles. The summed E-state index contributed by atoms with van der Waals surface area (Å²) in [4.78, 5) is 19.2. The van der Waals surface area contributed by atoms with Crippen LogP contribution in [0.2, 0.25) is 0 Å². The summed E-state index contributed by atoms with van der Waals surface area (Å²) < 4.78 is 0. The van der Waals surface area contributed by atoms with E-state index in [0.29, 0.717) is 35.5 Å². The van der Waals surface area contributed by atoms with Gasteiger partial charge in [-0.15, -0.1) is 0 Å². The van der Waals surface area contributed by atoms with Crippen LogP contribution >= 0.6 is 0 Å². The van der Waals surface area contributed by atoms with Gasteiger partial charge in [0.25, 0.3) is 0 Å². The number of piperazine rings is 1. The predicted octanol–water partition coefficient (Wildman–Crippen LogP) is 5.83. The van der Waals surface area contributed by atoms with Crippen molar-refractivity contribution in [2.45, 2.75) is 112 Å². The highest BCUT2D eigenvalue weighted by Crippen LogP contribution is 2.77. The molecule has 0 spiro atoms. The van der Waals surface area contributed by atoms with Crippen molar-refractivity contribution < 1.29 is 15.0 Å². The normalized spacial score (nSPS) is 51.3. The Kier molecular flexibility index (Phi) is 7.12. The monoisotopic (exact) mass is 556 g/mol. The van der Waals surface area contributed by atoms with Crippen LogP contribution in [0.4, 0.5) is 0 Å². The van der Waals surface area contributed by atoms with Gasteiger partial charge >= 0.3 is 0 Å². The molecular weight excluding hydrogens is 496 g/mol. The van der Waals surface area contributed by atoms with Crippen molar-refractivity contribution in [2.24, 2.45) is 62.6 Å². The maximum absolute atomic E-state index is 14.6. The standard InChI is InChI=1S/C35H60N2O3/c1-23(22-38)24-10-15-35(30(40)37-20-18-36(7)19-21-37)17-16-33(5)25(29(24)35)8-9-27-32(4)13-12-28(39)31(2,3)26(32)11-14-34(27,33)6/h23-29,38-39H,8-22H2,1-7H3/t23-,24-,25+,26-,27+,28-,29+,32-,33+,34+,35-/m0/s1. The van der Waals surface area contributed by atoms with Gasteiger partial charge in [-0.25, -0.2) is 0 Å². The third kappa shape index (κ3) is 3.77. The number of rotatable bonds is 3. The molecule has 5 aliphatic carbocycles. The van der Waals surface area contributed by atoms with Gasteiger partial charge in [-0.1, -0.05) is 41.5 Å². The molecule has 5 heteroatoms. The fraction of sp³-hybridized carbons (Fsp3) is 0.971. The number of aliphatic hydroxyl groups excluding tert-OH is 2. The Hall–Kier alpha value is -0.650. The van der Waals surface area contributed by atoms with Crippen molar-refractivity contribution in [3.8, 4) is 0 Å². The molecule has 1 heterocycles. The molecule has 1 aliphatic heterocycles. The molecule has 6 rings (SSSR count). The van der Waals surface area contributed by atoms with Gasteiger partial charge in [0.15, 0.2) is 0 Å². The lowest BCUT2D eigenvalue weighted by Gasteiger charge is -2.73. The van der Waals surface area contributed by atoms with E-state index in [-0.39, 0.29) is 45.7 Å². The number of aliphatic hydroxyl groups is 2. The second-order valence-corrected chi connectivity index (χ2v) is 17.2. The molecule has 1 amide bonds. The molecule has 5 nitrogen and oxygen atoms in total. The zero-order chi connectivity index (χ0) is 28.9. The Morgan fingerprint density at radius 2 is 1.52 bits per heavy atom. The Balaban J connectivity index is 1.37. The van der Waals surface area contributed by atoms with Crippen molar-refractivity contribution in [3.05, 3.63) is 0 Å². The topological polar surface area (TPSA) is 64.0 Å². The molecule has 0 aromatic carbocycles. The quantitative estimate of drug-likeness (QED) is 0.459. The fourth-order valence-electron chi connectivity index (χ4n) is 13.1. The summed E-state index contributed by atoms with van der Waals surface area (Å²) in [6.45, 7) is 18.8. The predicted molar refractivity (Wildman–Crippen MR) is 160 cm³/mol. The summed E-state index contributed by atoms with van der Waals surface area (Å²) in [5.74, 6) is 3.39. The number of amides is 1. The van der Waals surface area contributed by atoms with Gasteiger partial charge in [0.2, 0.25) is 5.91 Å². The summed E-state index contributed by atoms with van der Waals surface area (Å²) in [5.41, 5.74) is 0.517. The number of carbonyl (C=O) groups is 1. The first-order valence-electron chi connectivity index (χ1n) is 17.0. The van der Waals surface area contributed by atoms with Crippen LogP contribution in [0.5, 0.6) is 0 Å². The Labute approximate surface area is 244 Å². The van der Waals surface area contributed by atoms with Crippen LogP contribution in [0.3, 0.4) is 0 Å². The van der Waals surface area contributed by atoms with Gasteiger partial charge in [0, 0.05) is 32.8 Å². The second kappa shape index (κ2) is 9.68.